The first-order chi connectivity index (χ1) is 12.4. The summed E-state index contributed by atoms with van der Waals surface area (Å²) in [5.74, 6) is -0.0486. The van der Waals surface area contributed by atoms with Crippen LogP contribution in [0.25, 0.3) is 17.2 Å². The van der Waals surface area contributed by atoms with E-state index in [0.29, 0.717) is 30.1 Å². The average Bonchev–Trinajstić information content (AvgIpc) is 2.95. The van der Waals surface area contributed by atoms with Gasteiger partial charge in [-0.25, -0.2) is 14.6 Å². The van der Waals surface area contributed by atoms with Gasteiger partial charge in [-0.3, -0.25) is 13.9 Å². The lowest BCUT2D eigenvalue weighted by Gasteiger charge is -2.07. The van der Waals surface area contributed by atoms with Crippen LogP contribution in [0.2, 0.25) is 0 Å². The number of unbranched alkanes of at least 4 members (excludes halogenated alkanes) is 2. The zero-order chi connectivity index (χ0) is 19.3. The van der Waals surface area contributed by atoms with Crippen molar-refractivity contribution >= 4 is 23.2 Å². The first kappa shape index (κ1) is 19.7. The molecule has 0 saturated heterocycles. The lowest BCUT2D eigenvalue weighted by molar-refractivity contribution is -0.137. The van der Waals surface area contributed by atoms with Gasteiger partial charge in [-0.05, 0) is 18.9 Å². The monoisotopic (exact) mass is 362 g/mol. The van der Waals surface area contributed by atoms with Crippen LogP contribution in [-0.4, -0.2) is 31.3 Å². The lowest BCUT2D eigenvalue weighted by atomic mass is 10.3. The number of carbonyl (C=O) groups is 1. The second-order valence-corrected chi connectivity index (χ2v) is 6.21. The molecule has 2 heterocycles. The van der Waals surface area contributed by atoms with E-state index in [1.165, 1.54) is 21.3 Å². The minimum Gasteiger partial charge on any atom is -0.463 e. The molecule has 0 bridgehead atoms. The van der Waals surface area contributed by atoms with Gasteiger partial charge in [0.2, 0.25) is 0 Å². The van der Waals surface area contributed by atoms with Gasteiger partial charge in [-0.1, -0.05) is 26.7 Å². The van der Waals surface area contributed by atoms with Crippen molar-refractivity contribution in [2.24, 2.45) is 14.1 Å². The summed E-state index contributed by atoms with van der Waals surface area (Å²) in [7, 11) is 3.28. The Morgan fingerprint density at radius 2 is 1.81 bits per heavy atom. The predicted octanol–water partition coefficient (Wildman–Crippen LogP) is 1.59. The number of aryl methyl sites for hydroxylation is 2. The molecule has 0 aliphatic rings. The van der Waals surface area contributed by atoms with E-state index in [4.69, 9.17) is 4.74 Å². The van der Waals surface area contributed by atoms with E-state index in [9.17, 15) is 14.4 Å². The molecule has 0 aliphatic heterocycles. The molecule has 0 N–H and O–H groups in total. The van der Waals surface area contributed by atoms with E-state index < -0.39 is 5.97 Å². The molecule has 8 nitrogen and oxygen atoms in total. The summed E-state index contributed by atoms with van der Waals surface area (Å²) >= 11 is 0. The molecule has 0 saturated carbocycles. The van der Waals surface area contributed by atoms with E-state index in [0.717, 1.165) is 25.7 Å². The van der Waals surface area contributed by atoms with Crippen LogP contribution < -0.4 is 11.2 Å². The van der Waals surface area contributed by atoms with Crippen molar-refractivity contribution in [1.82, 2.24) is 18.7 Å². The van der Waals surface area contributed by atoms with Gasteiger partial charge in [0.05, 0.1) is 6.61 Å². The molecule has 142 valence electrons. The average molecular weight is 362 g/mol. The summed E-state index contributed by atoms with van der Waals surface area (Å²) in [6, 6.07) is 0. The SMILES string of the molecule is CCCCOC(=O)/C=C/c1nc2c(c(=O)n(CCCC)c(=O)n2C)n1C. The van der Waals surface area contributed by atoms with Crippen LogP contribution in [0.1, 0.15) is 45.4 Å². The van der Waals surface area contributed by atoms with Gasteiger partial charge in [0.15, 0.2) is 11.2 Å². The Morgan fingerprint density at radius 3 is 2.46 bits per heavy atom. The number of fused-ring (bicyclic) bond motifs is 1. The number of hydrogen-bond acceptors (Lipinski definition) is 5. The fourth-order valence-corrected chi connectivity index (χ4v) is 2.63. The van der Waals surface area contributed by atoms with Crippen molar-refractivity contribution in [3.8, 4) is 0 Å². The Morgan fingerprint density at radius 1 is 1.12 bits per heavy atom. The molecule has 0 spiro atoms. The first-order valence-electron chi connectivity index (χ1n) is 8.93. The van der Waals surface area contributed by atoms with Gasteiger partial charge in [-0.15, -0.1) is 0 Å². The largest absolute Gasteiger partial charge is 0.463 e. The first-order valence-corrected chi connectivity index (χ1v) is 8.93. The molecule has 0 unspecified atom stereocenters. The number of rotatable bonds is 8. The van der Waals surface area contributed by atoms with E-state index in [2.05, 4.69) is 4.98 Å². The predicted molar refractivity (Wildman–Crippen MR) is 100 cm³/mol. The number of ether oxygens (including phenoxy) is 1. The minimum absolute atomic E-state index is 0.300. The van der Waals surface area contributed by atoms with Crippen molar-refractivity contribution in [1.29, 1.82) is 0 Å². The topological polar surface area (TPSA) is 88.1 Å². The smallest absolute Gasteiger partial charge is 0.332 e. The third-order valence-corrected chi connectivity index (χ3v) is 4.24. The van der Waals surface area contributed by atoms with Crippen LogP contribution in [-0.2, 0) is 30.2 Å². The van der Waals surface area contributed by atoms with Gasteiger partial charge in [-0.2, -0.15) is 0 Å². The molecular weight excluding hydrogens is 336 g/mol. The highest BCUT2D eigenvalue weighted by Gasteiger charge is 2.17. The van der Waals surface area contributed by atoms with Gasteiger partial charge in [0.1, 0.15) is 5.82 Å². The molecule has 0 aromatic carbocycles. The summed E-state index contributed by atoms with van der Waals surface area (Å²) in [4.78, 5) is 41.2. The highest BCUT2D eigenvalue weighted by Crippen LogP contribution is 2.10. The van der Waals surface area contributed by atoms with E-state index in [-0.39, 0.29) is 11.2 Å². The second-order valence-electron chi connectivity index (χ2n) is 6.21. The molecule has 0 aliphatic carbocycles. The Kier molecular flexibility index (Phi) is 6.54. The van der Waals surface area contributed by atoms with Crippen molar-refractivity contribution in [2.75, 3.05) is 6.61 Å². The maximum atomic E-state index is 12.7. The molecule has 2 aromatic heterocycles. The van der Waals surface area contributed by atoms with E-state index in [1.54, 1.807) is 18.7 Å². The number of hydrogen-bond donors (Lipinski definition) is 0. The maximum Gasteiger partial charge on any atom is 0.332 e. The lowest BCUT2D eigenvalue weighted by Crippen LogP contribution is -2.39. The number of imidazole rings is 1. The quantitative estimate of drug-likeness (QED) is 0.404. The number of nitrogens with zero attached hydrogens (tertiary/aromatic N) is 4. The van der Waals surface area contributed by atoms with Crippen molar-refractivity contribution < 1.29 is 9.53 Å². The van der Waals surface area contributed by atoms with E-state index in [1.807, 2.05) is 13.8 Å². The fourth-order valence-electron chi connectivity index (χ4n) is 2.63. The molecule has 0 fully saturated rings. The molecule has 26 heavy (non-hydrogen) atoms. The van der Waals surface area contributed by atoms with Crippen LogP contribution in [0, 0.1) is 0 Å². The number of carbonyl (C=O) groups excluding carboxylic acids is 1. The molecule has 0 atom stereocenters. The molecule has 0 radical (unpaired) electrons. The Bertz CT molecular complexity index is 933. The van der Waals surface area contributed by atoms with Gasteiger partial charge >= 0.3 is 11.7 Å². The van der Waals surface area contributed by atoms with Crippen molar-refractivity contribution in [3.05, 3.63) is 32.7 Å². The third kappa shape index (κ3) is 3.95. The highest BCUT2D eigenvalue weighted by molar-refractivity contribution is 5.87. The fraction of sp³-hybridized carbons (Fsp3) is 0.556. The molecule has 8 heteroatoms. The maximum absolute atomic E-state index is 12.7. The van der Waals surface area contributed by atoms with Gasteiger partial charge in [0, 0.05) is 26.7 Å². The summed E-state index contributed by atoms with van der Waals surface area (Å²) in [5, 5.41) is 0. The van der Waals surface area contributed by atoms with E-state index >= 15 is 0 Å². The minimum atomic E-state index is -0.459. The van der Waals surface area contributed by atoms with Crippen molar-refractivity contribution in [2.45, 2.75) is 46.1 Å². The Balaban J connectivity index is 2.42. The normalized spacial score (nSPS) is 11.5. The Labute approximate surface area is 151 Å². The van der Waals surface area contributed by atoms with Crippen LogP contribution in [0.4, 0.5) is 0 Å². The molecule has 2 aromatic rings. The molecule has 2 rings (SSSR count). The zero-order valence-electron chi connectivity index (χ0n) is 15.8. The Hall–Kier alpha value is -2.64. The van der Waals surface area contributed by atoms with Crippen LogP contribution in [0.3, 0.4) is 0 Å². The van der Waals surface area contributed by atoms with Crippen LogP contribution in [0.15, 0.2) is 15.7 Å². The summed E-state index contributed by atoms with van der Waals surface area (Å²) in [6.45, 7) is 4.76. The summed E-state index contributed by atoms with van der Waals surface area (Å²) < 4.78 is 9.26. The van der Waals surface area contributed by atoms with Gasteiger partial charge < -0.3 is 9.30 Å². The van der Waals surface area contributed by atoms with Gasteiger partial charge in [0.25, 0.3) is 5.56 Å². The zero-order valence-corrected chi connectivity index (χ0v) is 15.8. The van der Waals surface area contributed by atoms with Crippen LogP contribution >= 0.6 is 0 Å². The third-order valence-electron chi connectivity index (χ3n) is 4.24. The molecule has 0 amide bonds. The molecular formula is C18H26N4O4. The summed E-state index contributed by atoms with van der Waals surface area (Å²) in [5.41, 5.74) is -0.114. The standard InChI is InChI=1S/C18H26N4O4/c1-5-7-11-22-17(24)15-16(21(4)18(22)25)19-13(20(15)3)9-10-14(23)26-12-8-6-2/h9-10H,5-8,11-12H2,1-4H3/b10-9+. The van der Waals surface area contributed by atoms with Crippen molar-refractivity contribution in [3.63, 3.8) is 0 Å². The second kappa shape index (κ2) is 8.64. The number of aromatic nitrogens is 4. The number of esters is 1. The highest BCUT2D eigenvalue weighted by atomic mass is 16.5. The summed E-state index contributed by atoms with van der Waals surface area (Å²) in [6.07, 6.45) is 6.16. The van der Waals surface area contributed by atoms with Crippen LogP contribution in [0.5, 0.6) is 0 Å².